The van der Waals surface area contributed by atoms with Gasteiger partial charge in [-0.1, -0.05) is 0 Å². The predicted octanol–water partition coefficient (Wildman–Crippen LogP) is 0.193. The number of hydrogen-bond donors (Lipinski definition) is 3. The molecule has 2 rings (SSSR count). The summed E-state index contributed by atoms with van der Waals surface area (Å²) in [5, 5.41) is 17.2. The maximum Gasteiger partial charge on any atom is 0.0829 e. The number of nitrogens with one attached hydrogen (secondary N) is 2. The largest absolute Gasteiger partial charge is 0.390 e. The van der Waals surface area contributed by atoms with Crippen LogP contribution in [0, 0.1) is 0 Å². The zero-order valence-electron chi connectivity index (χ0n) is 8.70. The molecule has 0 aromatic carbocycles. The van der Waals surface area contributed by atoms with E-state index in [-0.39, 0.29) is 12.1 Å². The molecule has 82 valence electrons. The molecule has 3 N–H and O–H groups in total. The molecule has 3 nitrogen and oxygen atoms in total. The van der Waals surface area contributed by atoms with Crippen LogP contribution in [0.25, 0.3) is 0 Å². The van der Waals surface area contributed by atoms with Gasteiger partial charge in [-0.3, -0.25) is 0 Å². The first-order chi connectivity index (χ1) is 6.79. The van der Waals surface area contributed by atoms with Crippen molar-refractivity contribution in [2.24, 2.45) is 0 Å². The minimum absolute atomic E-state index is 0.191. The lowest BCUT2D eigenvalue weighted by Gasteiger charge is -2.20. The normalized spacial score (nSPS) is 43.3. The lowest BCUT2D eigenvalue weighted by molar-refractivity contribution is 0.157. The summed E-state index contributed by atoms with van der Waals surface area (Å²) in [5.74, 6) is 0. The van der Waals surface area contributed by atoms with Crippen molar-refractivity contribution in [3.8, 4) is 0 Å². The topological polar surface area (TPSA) is 44.3 Å². The maximum absolute atomic E-state index is 9.64. The molecule has 1 aliphatic heterocycles. The number of aliphatic hydroxyl groups excluding tert-OH is 1. The van der Waals surface area contributed by atoms with Gasteiger partial charge in [-0.05, 0) is 25.5 Å². The first kappa shape index (κ1) is 10.7. The van der Waals surface area contributed by atoms with E-state index >= 15 is 0 Å². The molecular weight excluding hydrogens is 196 g/mol. The number of rotatable bonds is 3. The Bertz CT molecular complexity index is 191. The van der Waals surface area contributed by atoms with Gasteiger partial charge in [0.05, 0.1) is 6.10 Å². The molecule has 0 aromatic rings. The summed E-state index contributed by atoms with van der Waals surface area (Å²) >= 11 is 1.98. The monoisotopic (exact) mass is 216 g/mol. The van der Waals surface area contributed by atoms with Crippen molar-refractivity contribution in [1.29, 1.82) is 0 Å². The van der Waals surface area contributed by atoms with Crippen molar-refractivity contribution in [1.82, 2.24) is 10.6 Å². The van der Waals surface area contributed by atoms with Crippen LogP contribution < -0.4 is 10.6 Å². The number of aliphatic hydroxyl groups is 1. The lowest BCUT2D eigenvalue weighted by atomic mass is 10.1. The Kier molecular flexibility index (Phi) is 3.71. The van der Waals surface area contributed by atoms with E-state index in [4.69, 9.17) is 0 Å². The Morgan fingerprint density at radius 2 is 2.21 bits per heavy atom. The second kappa shape index (κ2) is 4.84. The third kappa shape index (κ3) is 2.42. The molecule has 1 aliphatic carbocycles. The fourth-order valence-corrected chi connectivity index (χ4v) is 3.24. The highest BCUT2D eigenvalue weighted by molar-refractivity contribution is 7.99. The maximum atomic E-state index is 9.64. The molecule has 0 bridgehead atoms. The molecule has 4 heteroatoms. The van der Waals surface area contributed by atoms with Gasteiger partial charge in [0, 0.05) is 30.4 Å². The summed E-state index contributed by atoms with van der Waals surface area (Å²) in [5.41, 5.74) is 0. The Hall–Kier alpha value is 0.230. The molecule has 2 fully saturated rings. The first-order valence-corrected chi connectivity index (χ1v) is 6.76. The standard InChI is InChI=1S/C10H20N2OS/c1-14-8-3-2-7(4-8)12-9-5-11-6-10(9)13/h7-13H,2-6H2,1H3/t7?,8?,9-,10-/m1/s1. The van der Waals surface area contributed by atoms with Crippen LogP contribution in [-0.2, 0) is 0 Å². The smallest absolute Gasteiger partial charge is 0.0829 e. The fraction of sp³-hybridized carbons (Fsp3) is 1.00. The van der Waals surface area contributed by atoms with Crippen LogP contribution in [0.4, 0.5) is 0 Å². The molecule has 1 saturated heterocycles. The molecule has 0 spiro atoms. The van der Waals surface area contributed by atoms with Gasteiger partial charge in [0.15, 0.2) is 0 Å². The third-order valence-electron chi connectivity index (χ3n) is 3.35. The van der Waals surface area contributed by atoms with E-state index in [1.165, 1.54) is 19.3 Å². The predicted molar refractivity (Wildman–Crippen MR) is 60.7 cm³/mol. The lowest BCUT2D eigenvalue weighted by Crippen LogP contribution is -2.44. The van der Waals surface area contributed by atoms with Gasteiger partial charge in [-0.15, -0.1) is 0 Å². The van der Waals surface area contributed by atoms with E-state index in [0.717, 1.165) is 18.3 Å². The molecule has 1 heterocycles. The minimum atomic E-state index is -0.191. The number of hydrogen-bond acceptors (Lipinski definition) is 4. The van der Waals surface area contributed by atoms with Crippen LogP contribution in [0.5, 0.6) is 0 Å². The van der Waals surface area contributed by atoms with E-state index in [1.54, 1.807) is 0 Å². The molecule has 1 saturated carbocycles. The SMILES string of the molecule is CSC1CCC(N[C@@H]2CNC[C@H]2O)C1. The highest BCUT2D eigenvalue weighted by atomic mass is 32.2. The van der Waals surface area contributed by atoms with Crippen LogP contribution in [0.2, 0.25) is 0 Å². The molecule has 2 aliphatic rings. The molecule has 0 radical (unpaired) electrons. The molecular formula is C10H20N2OS. The highest BCUT2D eigenvalue weighted by Crippen LogP contribution is 2.28. The van der Waals surface area contributed by atoms with E-state index < -0.39 is 0 Å². The van der Waals surface area contributed by atoms with Crippen molar-refractivity contribution < 1.29 is 5.11 Å². The molecule has 0 aromatic heterocycles. The van der Waals surface area contributed by atoms with Crippen LogP contribution in [-0.4, -0.2) is 47.9 Å². The van der Waals surface area contributed by atoms with Gasteiger partial charge in [0.2, 0.25) is 0 Å². The summed E-state index contributed by atoms with van der Waals surface area (Å²) in [7, 11) is 0. The van der Waals surface area contributed by atoms with E-state index in [0.29, 0.717) is 6.04 Å². The summed E-state index contributed by atoms with van der Waals surface area (Å²) in [6.07, 6.45) is 5.87. The molecule has 2 unspecified atom stereocenters. The fourth-order valence-electron chi connectivity index (χ4n) is 2.44. The average Bonchev–Trinajstić information content (AvgIpc) is 2.77. The van der Waals surface area contributed by atoms with E-state index in [1.807, 2.05) is 11.8 Å². The summed E-state index contributed by atoms with van der Waals surface area (Å²) in [6, 6.07) is 0.910. The Morgan fingerprint density at radius 1 is 1.36 bits per heavy atom. The number of β-amino-alcohol motifs (C(OH)–C–C–N with tert-alkyl or cyclic N) is 1. The summed E-state index contributed by atoms with van der Waals surface area (Å²) < 4.78 is 0. The van der Waals surface area contributed by atoms with Crippen molar-refractivity contribution in [2.45, 2.75) is 42.7 Å². The Balaban J connectivity index is 1.75. The van der Waals surface area contributed by atoms with Crippen LogP contribution in [0.15, 0.2) is 0 Å². The summed E-state index contributed by atoms with van der Waals surface area (Å²) in [6.45, 7) is 1.66. The van der Waals surface area contributed by atoms with Gasteiger partial charge in [-0.25, -0.2) is 0 Å². The molecule has 4 atom stereocenters. The van der Waals surface area contributed by atoms with E-state index in [9.17, 15) is 5.11 Å². The second-order valence-corrected chi connectivity index (χ2v) is 5.50. The quantitative estimate of drug-likeness (QED) is 0.630. The van der Waals surface area contributed by atoms with Gasteiger partial charge < -0.3 is 15.7 Å². The van der Waals surface area contributed by atoms with Gasteiger partial charge >= 0.3 is 0 Å². The zero-order valence-corrected chi connectivity index (χ0v) is 9.52. The molecule has 0 amide bonds. The minimum Gasteiger partial charge on any atom is -0.390 e. The second-order valence-electron chi connectivity index (χ2n) is 4.37. The third-order valence-corrected chi connectivity index (χ3v) is 4.44. The Labute approximate surface area is 90.0 Å². The van der Waals surface area contributed by atoms with Crippen molar-refractivity contribution in [2.75, 3.05) is 19.3 Å². The average molecular weight is 216 g/mol. The zero-order chi connectivity index (χ0) is 9.97. The molecule has 14 heavy (non-hydrogen) atoms. The Morgan fingerprint density at radius 3 is 2.79 bits per heavy atom. The van der Waals surface area contributed by atoms with Gasteiger partial charge in [0.25, 0.3) is 0 Å². The van der Waals surface area contributed by atoms with Crippen LogP contribution >= 0.6 is 11.8 Å². The summed E-state index contributed by atoms with van der Waals surface area (Å²) in [4.78, 5) is 0. The van der Waals surface area contributed by atoms with Crippen molar-refractivity contribution in [3.63, 3.8) is 0 Å². The van der Waals surface area contributed by atoms with Crippen molar-refractivity contribution >= 4 is 11.8 Å². The van der Waals surface area contributed by atoms with Gasteiger partial charge in [-0.2, -0.15) is 11.8 Å². The number of thioether (sulfide) groups is 1. The van der Waals surface area contributed by atoms with Crippen LogP contribution in [0.1, 0.15) is 19.3 Å². The van der Waals surface area contributed by atoms with E-state index in [2.05, 4.69) is 16.9 Å². The van der Waals surface area contributed by atoms with Crippen LogP contribution in [0.3, 0.4) is 0 Å². The van der Waals surface area contributed by atoms with Gasteiger partial charge in [0.1, 0.15) is 0 Å². The first-order valence-electron chi connectivity index (χ1n) is 5.47. The highest BCUT2D eigenvalue weighted by Gasteiger charge is 2.30. The van der Waals surface area contributed by atoms with Crippen molar-refractivity contribution in [3.05, 3.63) is 0 Å².